The largest absolute Gasteiger partial charge is 0.506 e. The van der Waals surface area contributed by atoms with E-state index in [1.165, 1.54) is 30.4 Å². The van der Waals surface area contributed by atoms with Gasteiger partial charge in [0.05, 0.1) is 5.02 Å². The molecule has 0 heterocycles. The third-order valence-corrected chi connectivity index (χ3v) is 7.83. The molecule has 2 aliphatic rings. The molecule has 1 aromatic rings. The van der Waals surface area contributed by atoms with Crippen LogP contribution >= 0.6 is 23.2 Å². The molecule has 0 spiro atoms. The number of hydrogen-bond acceptors (Lipinski definition) is 2. The quantitative estimate of drug-likeness (QED) is 0.323. The van der Waals surface area contributed by atoms with E-state index in [1.54, 1.807) is 6.07 Å². The van der Waals surface area contributed by atoms with Gasteiger partial charge in [0.2, 0.25) is 5.91 Å². The molecule has 0 bridgehead atoms. The molecule has 0 aromatic heterocycles. The van der Waals surface area contributed by atoms with Gasteiger partial charge < -0.3 is 10.4 Å². The van der Waals surface area contributed by atoms with Crippen LogP contribution in [-0.2, 0) is 4.79 Å². The number of hydrogen-bond donors (Lipinski definition) is 2. The topological polar surface area (TPSA) is 49.3 Å². The molecule has 0 radical (unpaired) electrons. The highest BCUT2D eigenvalue weighted by molar-refractivity contribution is 6.44. The fourth-order valence-electron chi connectivity index (χ4n) is 4.74. The summed E-state index contributed by atoms with van der Waals surface area (Å²) < 4.78 is 0. The number of halogens is 2. The smallest absolute Gasteiger partial charge is 0.246 e. The van der Waals surface area contributed by atoms with Crippen molar-refractivity contribution in [1.29, 1.82) is 0 Å². The van der Waals surface area contributed by atoms with Crippen LogP contribution in [0.15, 0.2) is 41.5 Å². The number of rotatable bonds is 6. The Morgan fingerprint density at radius 3 is 2.59 bits per heavy atom. The van der Waals surface area contributed by atoms with E-state index in [4.69, 9.17) is 23.2 Å². The molecule has 1 amide bonds. The summed E-state index contributed by atoms with van der Waals surface area (Å²) in [6.45, 7) is 3.78. The van der Waals surface area contributed by atoms with Gasteiger partial charge in [-0.15, -0.1) is 0 Å². The fourth-order valence-corrected chi connectivity index (χ4v) is 5.19. The lowest BCUT2D eigenvalue weighted by atomic mass is 9.83. The van der Waals surface area contributed by atoms with E-state index in [-0.39, 0.29) is 16.7 Å². The van der Waals surface area contributed by atoms with E-state index in [0.717, 1.165) is 62.0 Å². The average molecular weight is 476 g/mol. The van der Waals surface area contributed by atoms with Gasteiger partial charge in [-0.05, 0) is 107 Å². The van der Waals surface area contributed by atoms with E-state index < -0.39 is 0 Å². The summed E-state index contributed by atoms with van der Waals surface area (Å²) in [6, 6.07) is 3.81. The Labute approximate surface area is 202 Å². The first-order valence-corrected chi connectivity index (χ1v) is 12.6. The molecule has 3 nitrogen and oxygen atoms in total. The summed E-state index contributed by atoms with van der Waals surface area (Å²) in [7, 11) is 0. The Bertz CT molecular complexity index is 908. The highest BCUT2D eigenvalue weighted by Crippen LogP contribution is 2.40. The summed E-state index contributed by atoms with van der Waals surface area (Å²) >= 11 is 12.5. The standard InChI is InChI=1S/C27H35Cl2NO2/c1-3-18(2)27(32)30-22-14-11-20(12-15-22)7-4-6-19-8-5-9-21(13-10-19)23-16-17-24(31)26(29)25(23)28/h3,6,9,16-17,20,22,31H,4-5,7-8,10-15H2,1-2H3,(H,30,32)/b18-3-,19-6-. The normalized spacial score (nSPS) is 23.6. The average Bonchev–Trinajstić information content (AvgIpc) is 3.04. The maximum Gasteiger partial charge on any atom is 0.246 e. The molecule has 0 atom stereocenters. The van der Waals surface area contributed by atoms with Crippen molar-refractivity contribution in [1.82, 2.24) is 5.32 Å². The molecule has 32 heavy (non-hydrogen) atoms. The van der Waals surface area contributed by atoms with Crippen molar-refractivity contribution in [2.75, 3.05) is 0 Å². The molecule has 0 saturated heterocycles. The molecule has 3 rings (SSSR count). The second-order valence-electron chi connectivity index (χ2n) is 9.13. The van der Waals surface area contributed by atoms with Crippen molar-refractivity contribution in [3.63, 3.8) is 0 Å². The third-order valence-electron chi connectivity index (χ3n) is 6.96. The number of benzene rings is 1. The Kier molecular flexibility index (Phi) is 9.31. The molecular formula is C27H35Cl2NO2. The molecule has 0 aliphatic heterocycles. The first-order valence-electron chi connectivity index (χ1n) is 11.9. The van der Waals surface area contributed by atoms with Gasteiger partial charge >= 0.3 is 0 Å². The maximum absolute atomic E-state index is 12.0. The summed E-state index contributed by atoms with van der Waals surface area (Å²) in [5, 5.41) is 13.6. The molecule has 1 aromatic carbocycles. The SMILES string of the molecule is C/C=C(/C)C(=O)NC1CCC(CC/C=C2/CCC=C(c3ccc(O)c(Cl)c3Cl)CC2)CC1. The monoisotopic (exact) mass is 475 g/mol. The molecule has 5 heteroatoms. The molecule has 1 saturated carbocycles. The number of amides is 1. The van der Waals surface area contributed by atoms with E-state index in [2.05, 4.69) is 17.5 Å². The van der Waals surface area contributed by atoms with Gasteiger partial charge in [0.15, 0.2) is 0 Å². The molecule has 2 N–H and O–H groups in total. The Morgan fingerprint density at radius 2 is 1.88 bits per heavy atom. The van der Waals surface area contributed by atoms with Gasteiger partial charge in [-0.3, -0.25) is 4.79 Å². The lowest BCUT2D eigenvalue weighted by Gasteiger charge is -2.29. The zero-order valence-corrected chi connectivity index (χ0v) is 20.7. The summed E-state index contributed by atoms with van der Waals surface area (Å²) in [5.41, 5.74) is 4.48. The number of phenolic OH excluding ortho intramolecular Hbond substituents is 1. The van der Waals surface area contributed by atoms with Crippen molar-refractivity contribution in [2.45, 2.75) is 84.1 Å². The minimum Gasteiger partial charge on any atom is -0.506 e. The van der Waals surface area contributed by atoms with Crippen LogP contribution in [0, 0.1) is 5.92 Å². The lowest BCUT2D eigenvalue weighted by molar-refractivity contribution is -0.118. The van der Waals surface area contributed by atoms with Crippen molar-refractivity contribution < 1.29 is 9.90 Å². The summed E-state index contributed by atoms with van der Waals surface area (Å²) in [5.74, 6) is 0.873. The number of carbonyl (C=O) groups is 1. The zero-order valence-electron chi connectivity index (χ0n) is 19.2. The minimum atomic E-state index is 0.0274. The van der Waals surface area contributed by atoms with Crippen LogP contribution in [0.4, 0.5) is 0 Å². The van der Waals surface area contributed by atoms with E-state index in [9.17, 15) is 9.90 Å². The van der Waals surface area contributed by atoms with Crippen molar-refractivity contribution in [2.24, 2.45) is 5.92 Å². The number of phenols is 1. The van der Waals surface area contributed by atoms with Gasteiger partial charge in [0.1, 0.15) is 10.8 Å². The Morgan fingerprint density at radius 1 is 1.12 bits per heavy atom. The van der Waals surface area contributed by atoms with Crippen molar-refractivity contribution in [3.05, 3.63) is 57.1 Å². The predicted molar refractivity (Wildman–Crippen MR) is 135 cm³/mol. The van der Waals surface area contributed by atoms with Gasteiger partial charge in [-0.1, -0.05) is 47.0 Å². The summed E-state index contributed by atoms with van der Waals surface area (Å²) in [4.78, 5) is 12.0. The molecule has 0 unspecified atom stereocenters. The number of nitrogens with one attached hydrogen (secondary N) is 1. The van der Waals surface area contributed by atoms with Crippen molar-refractivity contribution in [3.8, 4) is 5.75 Å². The van der Waals surface area contributed by atoms with E-state index >= 15 is 0 Å². The van der Waals surface area contributed by atoms with Crippen LogP contribution in [0.2, 0.25) is 10.0 Å². The molecule has 174 valence electrons. The lowest BCUT2D eigenvalue weighted by Crippen LogP contribution is -2.38. The second kappa shape index (κ2) is 12.0. The van der Waals surface area contributed by atoms with Crippen molar-refractivity contribution >= 4 is 34.7 Å². The molecular weight excluding hydrogens is 441 g/mol. The van der Waals surface area contributed by atoms with Gasteiger partial charge in [0.25, 0.3) is 0 Å². The highest BCUT2D eigenvalue weighted by Gasteiger charge is 2.22. The molecule has 2 aliphatic carbocycles. The van der Waals surface area contributed by atoms with Crippen LogP contribution in [0.3, 0.4) is 0 Å². The Balaban J connectivity index is 1.43. The maximum atomic E-state index is 12.0. The Hall–Kier alpha value is -1.71. The molecule has 1 fully saturated rings. The first kappa shape index (κ1) is 24.9. The third kappa shape index (κ3) is 6.65. The fraction of sp³-hybridized carbons (Fsp3) is 0.519. The van der Waals surface area contributed by atoms with Gasteiger partial charge in [-0.25, -0.2) is 0 Å². The van der Waals surface area contributed by atoms with Gasteiger partial charge in [-0.2, -0.15) is 0 Å². The van der Waals surface area contributed by atoms with Crippen LogP contribution in [0.1, 0.15) is 83.6 Å². The zero-order chi connectivity index (χ0) is 23.1. The minimum absolute atomic E-state index is 0.0274. The second-order valence-corrected chi connectivity index (χ2v) is 9.89. The predicted octanol–water partition coefficient (Wildman–Crippen LogP) is 8.00. The van der Waals surface area contributed by atoms with Gasteiger partial charge in [0, 0.05) is 11.6 Å². The van der Waals surface area contributed by atoms with E-state index in [1.807, 2.05) is 26.0 Å². The summed E-state index contributed by atoms with van der Waals surface area (Å²) in [6.07, 6.45) is 17.6. The number of carbonyl (C=O) groups excluding carboxylic acids is 1. The first-order chi connectivity index (χ1) is 15.4. The van der Waals surface area contributed by atoms with Crippen LogP contribution in [0.5, 0.6) is 5.75 Å². The van der Waals surface area contributed by atoms with Crippen LogP contribution < -0.4 is 5.32 Å². The number of allylic oxidation sites excluding steroid dienone is 5. The highest BCUT2D eigenvalue weighted by atomic mass is 35.5. The van der Waals surface area contributed by atoms with Crippen LogP contribution in [0.25, 0.3) is 5.57 Å². The number of aromatic hydroxyl groups is 1. The van der Waals surface area contributed by atoms with E-state index in [0.29, 0.717) is 11.1 Å². The van der Waals surface area contributed by atoms with Crippen LogP contribution in [-0.4, -0.2) is 17.1 Å².